The molecule has 7 nitrogen and oxygen atoms in total. The van der Waals surface area contributed by atoms with E-state index in [-0.39, 0.29) is 5.91 Å². The number of nitrogens with zero attached hydrogens (tertiary/aromatic N) is 2. The molecule has 0 aliphatic rings. The Labute approximate surface area is 167 Å². The van der Waals surface area contributed by atoms with Crippen LogP contribution in [0.5, 0.6) is 17.2 Å². The fourth-order valence-electron chi connectivity index (χ4n) is 2.69. The normalized spacial score (nSPS) is 10.4. The van der Waals surface area contributed by atoms with Crippen molar-refractivity contribution in [2.75, 3.05) is 26.6 Å². The van der Waals surface area contributed by atoms with Crippen LogP contribution in [0.1, 0.15) is 12.0 Å². The zero-order valence-corrected chi connectivity index (χ0v) is 16.7. The molecule has 0 aliphatic carbocycles. The summed E-state index contributed by atoms with van der Waals surface area (Å²) in [6.07, 6.45) is 0.811. The van der Waals surface area contributed by atoms with E-state index in [4.69, 9.17) is 14.2 Å². The largest absolute Gasteiger partial charge is 0.493 e. The molecule has 0 atom stereocenters. The van der Waals surface area contributed by atoms with E-state index >= 15 is 0 Å². The fourth-order valence-corrected chi connectivity index (χ4v) is 3.46. The maximum absolute atomic E-state index is 12.3. The lowest BCUT2D eigenvalue weighted by Gasteiger charge is -2.14. The molecule has 0 unspecified atom stereocenters. The summed E-state index contributed by atoms with van der Waals surface area (Å²) in [4.78, 5) is 12.3. The number of benzene rings is 2. The van der Waals surface area contributed by atoms with Gasteiger partial charge < -0.3 is 19.5 Å². The van der Waals surface area contributed by atoms with Gasteiger partial charge in [-0.25, -0.2) is 0 Å². The first-order valence-corrected chi connectivity index (χ1v) is 9.44. The van der Waals surface area contributed by atoms with E-state index in [9.17, 15) is 4.79 Å². The standard InChI is InChI=1S/C20H21N3O4S/c1-25-15-11-13(12-16(26-2)18(15)27-3)9-10-17(24)21-20-23-22-19(28-20)14-7-5-4-6-8-14/h4-8,11-12H,9-10H2,1-3H3,(H,21,23,24). The third-order valence-electron chi connectivity index (χ3n) is 4.06. The van der Waals surface area contributed by atoms with Gasteiger partial charge in [0.25, 0.3) is 0 Å². The number of anilines is 1. The zero-order chi connectivity index (χ0) is 19.9. The first-order valence-electron chi connectivity index (χ1n) is 8.62. The second kappa shape index (κ2) is 9.18. The monoisotopic (exact) mass is 399 g/mol. The van der Waals surface area contributed by atoms with Crippen molar-refractivity contribution in [3.8, 4) is 27.8 Å². The lowest BCUT2D eigenvalue weighted by atomic mass is 10.1. The Morgan fingerprint density at radius 1 is 1.00 bits per heavy atom. The van der Waals surface area contributed by atoms with Crippen LogP contribution >= 0.6 is 11.3 Å². The van der Waals surface area contributed by atoms with Crippen molar-refractivity contribution in [3.05, 3.63) is 48.0 Å². The lowest BCUT2D eigenvalue weighted by molar-refractivity contribution is -0.116. The Morgan fingerprint density at radius 2 is 1.68 bits per heavy atom. The topological polar surface area (TPSA) is 82.6 Å². The molecule has 0 fully saturated rings. The van der Waals surface area contributed by atoms with Crippen molar-refractivity contribution in [1.82, 2.24) is 10.2 Å². The first kappa shape index (κ1) is 19.6. The van der Waals surface area contributed by atoms with Crippen molar-refractivity contribution in [1.29, 1.82) is 0 Å². The Morgan fingerprint density at radius 3 is 2.29 bits per heavy atom. The maximum Gasteiger partial charge on any atom is 0.226 e. The van der Waals surface area contributed by atoms with Gasteiger partial charge in [0.15, 0.2) is 11.5 Å². The van der Waals surface area contributed by atoms with Gasteiger partial charge in [0.2, 0.25) is 16.8 Å². The van der Waals surface area contributed by atoms with Crippen LogP contribution in [0.25, 0.3) is 10.6 Å². The van der Waals surface area contributed by atoms with Crippen LogP contribution in [-0.4, -0.2) is 37.4 Å². The third-order valence-corrected chi connectivity index (χ3v) is 4.95. The van der Waals surface area contributed by atoms with Gasteiger partial charge in [0.1, 0.15) is 5.01 Å². The van der Waals surface area contributed by atoms with Crippen LogP contribution in [0.3, 0.4) is 0 Å². The summed E-state index contributed by atoms with van der Waals surface area (Å²) in [5.41, 5.74) is 1.88. The average Bonchev–Trinajstić information content (AvgIpc) is 3.20. The van der Waals surface area contributed by atoms with Crippen LogP contribution in [0.4, 0.5) is 5.13 Å². The lowest BCUT2D eigenvalue weighted by Crippen LogP contribution is -2.12. The quantitative estimate of drug-likeness (QED) is 0.620. The zero-order valence-electron chi connectivity index (χ0n) is 15.9. The van der Waals surface area contributed by atoms with Crippen molar-refractivity contribution < 1.29 is 19.0 Å². The highest BCUT2D eigenvalue weighted by atomic mass is 32.1. The number of hydrogen-bond donors (Lipinski definition) is 1. The summed E-state index contributed by atoms with van der Waals surface area (Å²) in [6, 6.07) is 13.4. The predicted molar refractivity (Wildman–Crippen MR) is 108 cm³/mol. The molecule has 1 heterocycles. The Kier molecular flexibility index (Phi) is 6.44. The number of carbonyl (C=O) groups is 1. The van der Waals surface area contributed by atoms with Crippen LogP contribution in [0, 0.1) is 0 Å². The number of ether oxygens (including phenoxy) is 3. The minimum absolute atomic E-state index is 0.135. The minimum Gasteiger partial charge on any atom is -0.493 e. The molecule has 0 saturated carbocycles. The number of nitrogens with one attached hydrogen (secondary N) is 1. The molecule has 0 saturated heterocycles. The van der Waals surface area contributed by atoms with Gasteiger partial charge in [0.05, 0.1) is 21.3 Å². The molecule has 0 radical (unpaired) electrons. The van der Waals surface area contributed by atoms with Crippen molar-refractivity contribution in [2.24, 2.45) is 0 Å². The fraction of sp³-hybridized carbons (Fsp3) is 0.250. The molecule has 1 N–H and O–H groups in total. The molecule has 1 aromatic heterocycles. The summed E-state index contributed by atoms with van der Waals surface area (Å²) in [7, 11) is 4.68. The molecule has 1 amide bonds. The number of rotatable bonds is 8. The highest BCUT2D eigenvalue weighted by molar-refractivity contribution is 7.18. The summed E-state index contributed by atoms with van der Waals surface area (Å²) in [5.74, 6) is 1.52. The van der Waals surface area contributed by atoms with E-state index in [1.54, 1.807) is 21.3 Å². The number of carbonyl (C=O) groups excluding carboxylic acids is 1. The van der Waals surface area contributed by atoms with Gasteiger partial charge in [0, 0.05) is 12.0 Å². The van der Waals surface area contributed by atoms with E-state index in [0.717, 1.165) is 16.1 Å². The maximum atomic E-state index is 12.3. The van der Waals surface area contributed by atoms with Crippen LogP contribution in [0.2, 0.25) is 0 Å². The van der Waals surface area contributed by atoms with Crippen LogP contribution < -0.4 is 19.5 Å². The number of aryl methyl sites for hydroxylation is 1. The molecule has 8 heteroatoms. The van der Waals surface area contributed by atoms with E-state index in [2.05, 4.69) is 15.5 Å². The molecular weight excluding hydrogens is 378 g/mol. The molecule has 0 aliphatic heterocycles. The van der Waals surface area contributed by atoms with Crippen molar-refractivity contribution >= 4 is 22.4 Å². The van der Waals surface area contributed by atoms with E-state index in [1.165, 1.54) is 11.3 Å². The number of aromatic nitrogens is 2. The van der Waals surface area contributed by atoms with E-state index in [1.807, 2.05) is 42.5 Å². The van der Waals surface area contributed by atoms with Gasteiger partial charge >= 0.3 is 0 Å². The molecule has 3 aromatic rings. The minimum atomic E-state index is -0.135. The van der Waals surface area contributed by atoms with Crippen molar-refractivity contribution in [2.45, 2.75) is 12.8 Å². The van der Waals surface area contributed by atoms with Gasteiger partial charge in [-0.1, -0.05) is 41.7 Å². The summed E-state index contributed by atoms with van der Waals surface area (Å²) in [6.45, 7) is 0. The summed E-state index contributed by atoms with van der Waals surface area (Å²) >= 11 is 1.34. The third kappa shape index (κ3) is 4.58. The smallest absolute Gasteiger partial charge is 0.226 e. The molecule has 0 bridgehead atoms. The molecule has 0 spiro atoms. The van der Waals surface area contributed by atoms with Gasteiger partial charge in [-0.05, 0) is 24.1 Å². The molecular formula is C20H21N3O4S. The average molecular weight is 399 g/mol. The Bertz CT molecular complexity index is 919. The van der Waals surface area contributed by atoms with Crippen LogP contribution in [-0.2, 0) is 11.2 Å². The van der Waals surface area contributed by atoms with E-state index in [0.29, 0.717) is 35.2 Å². The molecule has 2 aromatic carbocycles. The molecule has 3 rings (SSSR count). The highest BCUT2D eigenvalue weighted by Crippen LogP contribution is 2.38. The molecule has 146 valence electrons. The second-order valence-electron chi connectivity index (χ2n) is 5.86. The SMILES string of the molecule is COc1cc(CCC(=O)Nc2nnc(-c3ccccc3)s2)cc(OC)c1OC. The van der Waals surface area contributed by atoms with Crippen molar-refractivity contribution in [3.63, 3.8) is 0 Å². The summed E-state index contributed by atoms with van der Waals surface area (Å²) < 4.78 is 16.0. The predicted octanol–water partition coefficient (Wildman–Crippen LogP) is 3.80. The Hall–Kier alpha value is -3.13. The first-order chi connectivity index (χ1) is 13.6. The van der Waals surface area contributed by atoms with Gasteiger partial charge in [-0.3, -0.25) is 4.79 Å². The number of amides is 1. The number of hydrogen-bond acceptors (Lipinski definition) is 7. The molecule has 28 heavy (non-hydrogen) atoms. The van der Waals surface area contributed by atoms with Gasteiger partial charge in [-0.15, -0.1) is 10.2 Å². The highest BCUT2D eigenvalue weighted by Gasteiger charge is 2.14. The van der Waals surface area contributed by atoms with Gasteiger partial charge in [-0.2, -0.15) is 0 Å². The summed E-state index contributed by atoms with van der Waals surface area (Å²) in [5, 5.41) is 12.2. The Balaban J connectivity index is 1.63. The number of methoxy groups -OCH3 is 3. The van der Waals surface area contributed by atoms with Crippen LogP contribution in [0.15, 0.2) is 42.5 Å². The second-order valence-corrected chi connectivity index (χ2v) is 6.84. The van der Waals surface area contributed by atoms with E-state index < -0.39 is 0 Å².